The SMILES string of the molecule is CCn1c(=O)n(C)c(=O)c2c1nc(C)n2CCCN. The second-order valence-corrected chi connectivity index (χ2v) is 4.52. The summed E-state index contributed by atoms with van der Waals surface area (Å²) in [6, 6.07) is 0. The molecule has 0 bridgehead atoms. The summed E-state index contributed by atoms with van der Waals surface area (Å²) in [6.07, 6.45) is 0.765. The molecule has 2 heterocycles. The predicted molar refractivity (Wildman–Crippen MR) is 73.3 cm³/mol. The molecule has 0 aliphatic heterocycles. The van der Waals surface area contributed by atoms with Gasteiger partial charge < -0.3 is 10.3 Å². The Bertz CT molecular complexity index is 722. The van der Waals surface area contributed by atoms with Crippen molar-refractivity contribution >= 4 is 11.2 Å². The Balaban J connectivity index is 2.87. The van der Waals surface area contributed by atoms with E-state index in [-0.39, 0.29) is 11.2 Å². The van der Waals surface area contributed by atoms with Crippen molar-refractivity contribution < 1.29 is 0 Å². The zero-order valence-corrected chi connectivity index (χ0v) is 11.5. The normalized spacial score (nSPS) is 11.4. The Morgan fingerprint density at radius 3 is 2.53 bits per heavy atom. The van der Waals surface area contributed by atoms with Crippen LogP contribution in [0.5, 0.6) is 0 Å². The van der Waals surface area contributed by atoms with E-state index in [9.17, 15) is 9.59 Å². The standard InChI is InChI=1S/C12H19N5O2/c1-4-16-10-9(11(18)15(3)12(16)19)17(7-5-6-13)8(2)14-10/h4-7,13H2,1-3H3. The van der Waals surface area contributed by atoms with Crippen molar-refractivity contribution in [3.63, 3.8) is 0 Å². The molecule has 0 saturated carbocycles. The molecule has 0 aliphatic rings. The van der Waals surface area contributed by atoms with Gasteiger partial charge in [-0.15, -0.1) is 0 Å². The van der Waals surface area contributed by atoms with Crippen molar-refractivity contribution in [3.8, 4) is 0 Å². The summed E-state index contributed by atoms with van der Waals surface area (Å²) in [5.41, 5.74) is 5.83. The van der Waals surface area contributed by atoms with Gasteiger partial charge in [-0.1, -0.05) is 0 Å². The quantitative estimate of drug-likeness (QED) is 0.812. The number of hydrogen-bond acceptors (Lipinski definition) is 4. The predicted octanol–water partition coefficient (Wildman–Crippen LogP) is -0.426. The number of hydrogen-bond donors (Lipinski definition) is 1. The van der Waals surface area contributed by atoms with E-state index in [0.29, 0.717) is 30.8 Å². The minimum atomic E-state index is -0.330. The Labute approximate surface area is 110 Å². The molecular formula is C12H19N5O2. The van der Waals surface area contributed by atoms with Crippen molar-refractivity contribution in [2.24, 2.45) is 12.8 Å². The molecule has 0 aliphatic carbocycles. The third kappa shape index (κ3) is 1.99. The van der Waals surface area contributed by atoms with E-state index in [0.717, 1.165) is 16.8 Å². The molecule has 0 unspecified atom stereocenters. The highest BCUT2D eigenvalue weighted by molar-refractivity contribution is 5.71. The second kappa shape index (κ2) is 5.00. The van der Waals surface area contributed by atoms with Crippen molar-refractivity contribution in [2.75, 3.05) is 6.54 Å². The van der Waals surface area contributed by atoms with Crippen LogP contribution in [-0.4, -0.2) is 25.2 Å². The number of aryl methyl sites for hydroxylation is 3. The van der Waals surface area contributed by atoms with Crippen LogP contribution in [0.15, 0.2) is 9.59 Å². The van der Waals surface area contributed by atoms with Crippen molar-refractivity contribution in [3.05, 3.63) is 26.7 Å². The van der Waals surface area contributed by atoms with Crippen LogP contribution in [0, 0.1) is 6.92 Å². The van der Waals surface area contributed by atoms with Gasteiger partial charge in [-0.3, -0.25) is 13.9 Å². The average molecular weight is 265 g/mol. The fraction of sp³-hybridized carbons (Fsp3) is 0.583. The summed E-state index contributed by atoms with van der Waals surface area (Å²) in [7, 11) is 1.49. The van der Waals surface area contributed by atoms with Gasteiger partial charge in [0.25, 0.3) is 5.56 Å². The fourth-order valence-electron chi connectivity index (χ4n) is 2.27. The van der Waals surface area contributed by atoms with E-state index in [2.05, 4.69) is 4.98 Å². The summed E-state index contributed by atoms with van der Waals surface area (Å²) in [5.74, 6) is 0.730. The second-order valence-electron chi connectivity index (χ2n) is 4.52. The highest BCUT2D eigenvalue weighted by Gasteiger charge is 2.17. The van der Waals surface area contributed by atoms with Crippen LogP contribution in [0.1, 0.15) is 19.2 Å². The van der Waals surface area contributed by atoms with Crippen LogP contribution >= 0.6 is 0 Å². The van der Waals surface area contributed by atoms with E-state index in [1.165, 1.54) is 11.6 Å². The molecule has 19 heavy (non-hydrogen) atoms. The van der Waals surface area contributed by atoms with Crippen LogP contribution in [-0.2, 0) is 20.1 Å². The molecule has 0 fully saturated rings. The average Bonchev–Trinajstić information content (AvgIpc) is 2.71. The van der Waals surface area contributed by atoms with E-state index >= 15 is 0 Å². The van der Waals surface area contributed by atoms with Crippen LogP contribution in [0.3, 0.4) is 0 Å². The summed E-state index contributed by atoms with van der Waals surface area (Å²) >= 11 is 0. The van der Waals surface area contributed by atoms with Crippen molar-refractivity contribution in [1.29, 1.82) is 0 Å². The lowest BCUT2D eigenvalue weighted by atomic mass is 10.4. The number of imidazole rings is 1. The van der Waals surface area contributed by atoms with Crippen molar-refractivity contribution in [1.82, 2.24) is 18.7 Å². The third-order valence-electron chi connectivity index (χ3n) is 3.32. The Morgan fingerprint density at radius 2 is 1.95 bits per heavy atom. The smallest absolute Gasteiger partial charge is 0.330 e. The number of nitrogens with zero attached hydrogens (tertiary/aromatic N) is 4. The van der Waals surface area contributed by atoms with Crippen LogP contribution in [0.2, 0.25) is 0 Å². The zero-order valence-electron chi connectivity index (χ0n) is 11.5. The van der Waals surface area contributed by atoms with Gasteiger partial charge >= 0.3 is 5.69 Å². The summed E-state index contributed by atoms with van der Waals surface area (Å²) in [6.45, 7) is 5.36. The topological polar surface area (TPSA) is 87.8 Å². The highest BCUT2D eigenvalue weighted by atomic mass is 16.2. The summed E-state index contributed by atoms with van der Waals surface area (Å²) < 4.78 is 4.49. The molecule has 0 radical (unpaired) electrons. The number of nitrogens with two attached hydrogens (primary N) is 1. The van der Waals surface area contributed by atoms with Crippen LogP contribution < -0.4 is 17.0 Å². The molecule has 7 nitrogen and oxygen atoms in total. The Kier molecular flexibility index (Phi) is 3.57. The monoisotopic (exact) mass is 265 g/mol. The van der Waals surface area contributed by atoms with E-state index < -0.39 is 0 Å². The first-order valence-electron chi connectivity index (χ1n) is 6.39. The van der Waals surface area contributed by atoms with Gasteiger partial charge in [-0.05, 0) is 26.8 Å². The van der Waals surface area contributed by atoms with Gasteiger partial charge in [0.1, 0.15) is 5.82 Å². The lowest BCUT2D eigenvalue weighted by Gasteiger charge is -2.08. The molecule has 0 atom stereocenters. The lowest BCUT2D eigenvalue weighted by Crippen LogP contribution is -2.38. The minimum Gasteiger partial charge on any atom is -0.330 e. The largest absolute Gasteiger partial charge is 0.332 e. The molecule has 0 spiro atoms. The molecule has 7 heteroatoms. The molecule has 0 saturated heterocycles. The Hall–Kier alpha value is -1.89. The molecule has 104 valence electrons. The molecule has 2 rings (SSSR count). The number of aromatic nitrogens is 4. The maximum atomic E-state index is 12.3. The third-order valence-corrected chi connectivity index (χ3v) is 3.32. The van der Waals surface area contributed by atoms with E-state index in [1.54, 1.807) is 0 Å². The molecule has 0 amide bonds. The van der Waals surface area contributed by atoms with Gasteiger partial charge in [-0.2, -0.15) is 0 Å². The molecule has 2 N–H and O–H groups in total. The summed E-state index contributed by atoms with van der Waals surface area (Å²) in [5, 5.41) is 0. The van der Waals surface area contributed by atoms with Crippen LogP contribution in [0.25, 0.3) is 11.2 Å². The number of fused-ring (bicyclic) bond motifs is 1. The van der Waals surface area contributed by atoms with Crippen molar-refractivity contribution in [2.45, 2.75) is 33.4 Å². The molecule has 0 aromatic carbocycles. The maximum Gasteiger partial charge on any atom is 0.332 e. The first-order valence-corrected chi connectivity index (χ1v) is 6.39. The first kappa shape index (κ1) is 13.5. The summed E-state index contributed by atoms with van der Waals surface area (Å²) in [4.78, 5) is 28.7. The van der Waals surface area contributed by atoms with Crippen LogP contribution in [0.4, 0.5) is 0 Å². The fourth-order valence-corrected chi connectivity index (χ4v) is 2.27. The maximum absolute atomic E-state index is 12.3. The lowest BCUT2D eigenvalue weighted by molar-refractivity contribution is 0.632. The Morgan fingerprint density at radius 1 is 1.26 bits per heavy atom. The van der Waals surface area contributed by atoms with Gasteiger partial charge in [-0.25, -0.2) is 9.78 Å². The molecule has 2 aromatic heterocycles. The van der Waals surface area contributed by atoms with E-state index in [4.69, 9.17) is 5.73 Å². The molecule has 2 aromatic rings. The number of rotatable bonds is 4. The van der Waals surface area contributed by atoms with Gasteiger partial charge in [0.2, 0.25) is 0 Å². The zero-order chi connectivity index (χ0) is 14.2. The first-order chi connectivity index (χ1) is 9.02. The van der Waals surface area contributed by atoms with Gasteiger partial charge in [0.05, 0.1) is 0 Å². The van der Waals surface area contributed by atoms with Gasteiger partial charge in [0, 0.05) is 20.1 Å². The highest BCUT2D eigenvalue weighted by Crippen LogP contribution is 2.11. The van der Waals surface area contributed by atoms with E-state index in [1.807, 2.05) is 18.4 Å². The van der Waals surface area contributed by atoms with Gasteiger partial charge in [0.15, 0.2) is 11.2 Å². The molecular weight excluding hydrogens is 246 g/mol. The minimum absolute atomic E-state index is 0.303.